The molecule has 0 saturated carbocycles. The zero-order valence-electron chi connectivity index (χ0n) is 14.1. The number of hydrogen-bond donors (Lipinski definition) is 2. The molecule has 0 fully saturated rings. The highest BCUT2D eigenvalue weighted by Crippen LogP contribution is 2.26. The predicted molar refractivity (Wildman–Crippen MR) is 89.9 cm³/mol. The normalized spacial score (nSPS) is 11.6. The van der Waals surface area contributed by atoms with E-state index in [1.165, 1.54) is 6.26 Å². The fourth-order valence-electron chi connectivity index (χ4n) is 2.37. The second-order valence-corrected chi connectivity index (χ2v) is 5.52. The summed E-state index contributed by atoms with van der Waals surface area (Å²) in [5, 5.41) is 5.56. The Balaban J connectivity index is 1.84. The van der Waals surface area contributed by atoms with Gasteiger partial charge < -0.3 is 19.8 Å². The van der Waals surface area contributed by atoms with Crippen molar-refractivity contribution in [2.75, 3.05) is 13.7 Å². The lowest BCUT2D eigenvalue weighted by Gasteiger charge is -2.18. The molecule has 2 amide bonds. The Bertz CT molecular complexity index is 695. The molecule has 0 unspecified atom stereocenters. The van der Waals surface area contributed by atoms with E-state index in [4.69, 9.17) is 9.15 Å². The Hall–Kier alpha value is -2.76. The van der Waals surface area contributed by atoms with Gasteiger partial charge in [0.25, 0.3) is 5.91 Å². The van der Waals surface area contributed by atoms with Crippen LogP contribution in [-0.2, 0) is 4.79 Å². The first-order valence-corrected chi connectivity index (χ1v) is 7.77. The number of amides is 2. The Labute approximate surface area is 141 Å². The van der Waals surface area contributed by atoms with E-state index in [1.54, 1.807) is 19.2 Å². The molecule has 6 heteroatoms. The number of rotatable bonds is 7. The highest BCUT2D eigenvalue weighted by Gasteiger charge is 2.15. The molecule has 6 nitrogen and oxygen atoms in total. The fraction of sp³-hybridized carbons (Fsp3) is 0.333. The average molecular weight is 330 g/mol. The molecule has 2 rings (SSSR count). The zero-order chi connectivity index (χ0) is 17.5. The predicted octanol–water partition coefficient (Wildman–Crippen LogP) is 2.59. The molecule has 0 spiro atoms. The number of aryl methyl sites for hydroxylation is 1. The molecule has 0 aliphatic carbocycles. The van der Waals surface area contributed by atoms with E-state index in [-0.39, 0.29) is 36.6 Å². The highest BCUT2D eigenvalue weighted by molar-refractivity contribution is 5.91. The minimum Gasteiger partial charge on any atom is -0.496 e. The van der Waals surface area contributed by atoms with Crippen LogP contribution in [0.25, 0.3) is 0 Å². The van der Waals surface area contributed by atoms with E-state index in [2.05, 4.69) is 10.6 Å². The molecule has 0 radical (unpaired) electrons. The third-order valence-electron chi connectivity index (χ3n) is 3.61. The minimum atomic E-state index is -0.332. The van der Waals surface area contributed by atoms with Crippen LogP contribution in [0.1, 0.15) is 41.1 Å². The van der Waals surface area contributed by atoms with E-state index < -0.39 is 0 Å². The van der Waals surface area contributed by atoms with Crippen LogP contribution in [-0.4, -0.2) is 25.5 Å². The summed E-state index contributed by atoms with van der Waals surface area (Å²) in [5.41, 5.74) is 2.02. The summed E-state index contributed by atoms with van der Waals surface area (Å²) in [6.45, 7) is 4.13. The Morgan fingerprint density at radius 1 is 1.29 bits per heavy atom. The lowest BCUT2D eigenvalue weighted by Crippen LogP contribution is -2.32. The molecule has 0 aliphatic rings. The Kier molecular flexibility index (Phi) is 6.01. The SMILES string of the molecule is COc1ccc(C)cc1[C@H](C)NC(=O)CCNC(=O)c1ccco1. The molecule has 0 aliphatic heterocycles. The highest BCUT2D eigenvalue weighted by atomic mass is 16.5. The Morgan fingerprint density at radius 2 is 2.08 bits per heavy atom. The van der Waals surface area contributed by atoms with Crippen molar-refractivity contribution in [1.82, 2.24) is 10.6 Å². The van der Waals surface area contributed by atoms with Gasteiger partial charge in [0.2, 0.25) is 5.91 Å². The van der Waals surface area contributed by atoms with Crippen molar-refractivity contribution >= 4 is 11.8 Å². The van der Waals surface area contributed by atoms with Gasteiger partial charge in [-0.1, -0.05) is 17.7 Å². The number of ether oxygens (including phenoxy) is 1. The van der Waals surface area contributed by atoms with Crippen LogP contribution in [0.5, 0.6) is 5.75 Å². The summed E-state index contributed by atoms with van der Waals surface area (Å²) in [7, 11) is 1.60. The fourth-order valence-corrected chi connectivity index (χ4v) is 2.37. The standard InChI is InChI=1S/C18H22N2O4/c1-12-6-7-15(23-3)14(11-12)13(2)20-17(21)8-9-19-18(22)16-5-4-10-24-16/h4-7,10-11,13H,8-9H2,1-3H3,(H,19,22)(H,20,21)/t13-/m0/s1. The van der Waals surface area contributed by atoms with Gasteiger partial charge >= 0.3 is 0 Å². The van der Waals surface area contributed by atoms with Gasteiger partial charge in [0.05, 0.1) is 19.4 Å². The van der Waals surface area contributed by atoms with Crippen molar-refractivity contribution < 1.29 is 18.7 Å². The number of hydrogen-bond acceptors (Lipinski definition) is 4. The number of methoxy groups -OCH3 is 1. The van der Waals surface area contributed by atoms with Gasteiger partial charge in [0, 0.05) is 18.5 Å². The number of carbonyl (C=O) groups excluding carboxylic acids is 2. The van der Waals surface area contributed by atoms with E-state index in [9.17, 15) is 9.59 Å². The first kappa shape index (κ1) is 17.6. The molecule has 1 aromatic carbocycles. The number of nitrogens with one attached hydrogen (secondary N) is 2. The summed E-state index contributed by atoms with van der Waals surface area (Å²) in [6.07, 6.45) is 1.61. The lowest BCUT2D eigenvalue weighted by atomic mass is 10.0. The topological polar surface area (TPSA) is 80.6 Å². The molecular weight excluding hydrogens is 308 g/mol. The molecule has 1 atom stereocenters. The molecule has 24 heavy (non-hydrogen) atoms. The van der Waals surface area contributed by atoms with Gasteiger partial charge in [-0.2, -0.15) is 0 Å². The number of carbonyl (C=O) groups is 2. The maximum absolute atomic E-state index is 12.1. The van der Waals surface area contributed by atoms with Crippen molar-refractivity contribution in [1.29, 1.82) is 0 Å². The van der Waals surface area contributed by atoms with Crippen LogP contribution in [0.4, 0.5) is 0 Å². The van der Waals surface area contributed by atoms with Crippen LogP contribution in [0, 0.1) is 6.92 Å². The summed E-state index contributed by atoms with van der Waals surface area (Å²) in [5.74, 6) is 0.486. The monoisotopic (exact) mass is 330 g/mol. The quantitative estimate of drug-likeness (QED) is 0.818. The van der Waals surface area contributed by atoms with Crippen molar-refractivity contribution in [2.24, 2.45) is 0 Å². The van der Waals surface area contributed by atoms with E-state index in [0.29, 0.717) is 0 Å². The summed E-state index contributed by atoms with van der Waals surface area (Å²) in [4.78, 5) is 23.8. The third kappa shape index (κ3) is 4.62. The number of benzene rings is 1. The maximum Gasteiger partial charge on any atom is 0.286 e. The summed E-state index contributed by atoms with van der Waals surface area (Å²) >= 11 is 0. The summed E-state index contributed by atoms with van der Waals surface area (Å²) < 4.78 is 10.3. The van der Waals surface area contributed by atoms with Crippen molar-refractivity contribution in [3.8, 4) is 5.75 Å². The van der Waals surface area contributed by atoms with Gasteiger partial charge in [-0.3, -0.25) is 9.59 Å². The largest absolute Gasteiger partial charge is 0.496 e. The third-order valence-corrected chi connectivity index (χ3v) is 3.61. The van der Waals surface area contributed by atoms with E-state index in [0.717, 1.165) is 16.9 Å². The van der Waals surface area contributed by atoms with Gasteiger partial charge in [0.1, 0.15) is 5.75 Å². The molecule has 1 heterocycles. The van der Waals surface area contributed by atoms with Gasteiger partial charge in [-0.05, 0) is 32.0 Å². The Morgan fingerprint density at radius 3 is 2.75 bits per heavy atom. The summed E-state index contributed by atoms with van der Waals surface area (Å²) in [6, 6.07) is 8.86. The van der Waals surface area contributed by atoms with E-state index in [1.807, 2.05) is 32.0 Å². The minimum absolute atomic E-state index is 0.147. The number of furan rings is 1. The van der Waals surface area contributed by atoms with Crippen LogP contribution < -0.4 is 15.4 Å². The zero-order valence-corrected chi connectivity index (χ0v) is 14.1. The molecule has 128 valence electrons. The smallest absolute Gasteiger partial charge is 0.286 e. The first-order chi connectivity index (χ1) is 11.5. The van der Waals surface area contributed by atoms with Crippen LogP contribution in [0.15, 0.2) is 41.0 Å². The molecule has 0 saturated heterocycles. The van der Waals surface area contributed by atoms with Crippen LogP contribution in [0.3, 0.4) is 0 Å². The van der Waals surface area contributed by atoms with Crippen molar-refractivity contribution in [3.63, 3.8) is 0 Å². The average Bonchev–Trinajstić information content (AvgIpc) is 3.09. The molecule has 1 aromatic heterocycles. The second kappa shape index (κ2) is 8.19. The molecule has 2 N–H and O–H groups in total. The van der Waals surface area contributed by atoms with Gasteiger partial charge in [-0.15, -0.1) is 0 Å². The molecule has 2 aromatic rings. The van der Waals surface area contributed by atoms with Crippen molar-refractivity contribution in [2.45, 2.75) is 26.3 Å². The second-order valence-electron chi connectivity index (χ2n) is 5.52. The molecule has 0 bridgehead atoms. The van der Waals surface area contributed by atoms with Crippen molar-refractivity contribution in [3.05, 3.63) is 53.5 Å². The van der Waals surface area contributed by atoms with Gasteiger partial charge in [0.15, 0.2) is 5.76 Å². The lowest BCUT2D eigenvalue weighted by molar-refractivity contribution is -0.121. The molecular formula is C18H22N2O4. The van der Waals surface area contributed by atoms with Crippen LogP contribution in [0.2, 0.25) is 0 Å². The van der Waals surface area contributed by atoms with E-state index >= 15 is 0 Å². The van der Waals surface area contributed by atoms with Gasteiger partial charge in [-0.25, -0.2) is 0 Å². The maximum atomic E-state index is 12.1. The van der Waals surface area contributed by atoms with Crippen LogP contribution >= 0.6 is 0 Å². The first-order valence-electron chi connectivity index (χ1n) is 7.77.